The first-order valence-electron chi connectivity index (χ1n) is 7.27. The summed E-state index contributed by atoms with van der Waals surface area (Å²) in [6.45, 7) is 1.74. The second-order valence-electron chi connectivity index (χ2n) is 5.70. The first-order valence-corrected chi connectivity index (χ1v) is 7.27. The fraction of sp³-hybridized carbons (Fsp3) is 0.333. The number of nitrogens with zero attached hydrogens (tertiary/aromatic N) is 7. The van der Waals surface area contributed by atoms with Crippen molar-refractivity contribution in [3.63, 3.8) is 0 Å². The van der Waals surface area contributed by atoms with Crippen molar-refractivity contribution in [3.05, 3.63) is 42.5 Å². The highest BCUT2D eigenvalue weighted by Gasteiger charge is 2.33. The van der Waals surface area contributed by atoms with E-state index in [1.807, 2.05) is 49.5 Å². The normalized spacial score (nSPS) is 15.1. The van der Waals surface area contributed by atoms with Crippen LogP contribution < -0.4 is 9.80 Å². The molecule has 7 heteroatoms. The van der Waals surface area contributed by atoms with E-state index in [4.69, 9.17) is 0 Å². The molecule has 0 aromatic carbocycles. The molecule has 1 saturated heterocycles. The van der Waals surface area contributed by atoms with Crippen molar-refractivity contribution in [1.82, 2.24) is 24.6 Å². The molecule has 112 valence electrons. The van der Waals surface area contributed by atoms with Gasteiger partial charge in [-0.15, -0.1) is 10.2 Å². The van der Waals surface area contributed by atoms with Crippen molar-refractivity contribution in [3.8, 4) is 0 Å². The van der Waals surface area contributed by atoms with Crippen LogP contribution in [0.25, 0.3) is 5.65 Å². The molecule has 4 rings (SSSR count). The number of hydrogen-bond donors (Lipinski definition) is 0. The van der Waals surface area contributed by atoms with Crippen LogP contribution >= 0.6 is 0 Å². The number of fused-ring (bicyclic) bond motifs is 1. The van der Waals surface area contributed by atoms with Gasteiger partial charge in [-0.3, -0.25) is 4.40 Å². The third-order valence-corrected chi connectivity index (χ3v) is 3.96. The highest BCUT2D eigenvalue weighted by molar-refractivity contribution is 5.46. The van der Waals surface area contributed by atoms with Crippen LogP contribution in [0.3, 0.4) is 0 Å². The van der Waals surface area contributed by atoms with E-state index >= 15 is 0 Å². The molecule has 3 aromatic rings. The maximum absolute atomic E-state index is 4.57. The number of aromatic nitrogens is 5. The quantitative estimate of drug-likeness (QED) is 0.723. The molecule has 1 fully saturated rings. The van der Waals surface area contributed by atoms with Crippen LogP contribution in [-0.4, -0.2) is 51.8 Å². The van der Waals surface area contributed by atoms with Gasteiger partial charge in [0, 0.05) is 39.6 Å². The zero-order valence-electron chi connectivity index (χ0n) is 12.6. The van der Waals surface area contributed by atoms with Crippen molar-refractivity contribution < 1.29 is 0 Å². The van der Waals surface area contributed by atoms with E-state index in [1.165, 1.54) is 0 Å². The SMILES string of the molecule is CN(C)c1ccnc(N2CC(c3nnc4ccccn34)C2)n1. The average molecular weight is 295 g/mol. The maximum atomic E-state index is 4.57. The topological polar surface area (TPSA) is 62.5 Å². The minimum Gasteiger partial charge on any atom is -0.363 e. The van der Waals surface area contributed by atoms with E-state index in [-0.39, 0.29) is 0 Å². The smallest absolute Gasteiger partial charge is 0.227 e. The minimum absolute atomic E-state index is 0.365. The average Bonchev–Trinajstić information content (AvgIpc) is 2.90. The van der Waals surface area contributed by atoms with Gasteiger partial charge < -0.3 is 9.80 Å². The molecule has 4 heterocycles. The van der Waals surface area contributed by atoms with Gasteiger partial charge in [0.05, 0.1) is 5.92 Å². The van der Waals surface area contributed by atoms with Gasteiger partial charge in [-0.05, 0) is 18.2 Å². The third-order valence-electron chi connectivity index (χ3n) is 3.96. The summed E-state index contributed by atoms with van der Waals surface area (Å²) in [5.41, 5.74) is 0.891. The lowest BCUT2D eigenvalue weighted by atomic mass is 10.00. The van der Waals surface area contributed by atoms with Gasteiger partial charge in [0.1, 0.15) is 11.6 Å². The minimum atomic E-state index is 0.365. The molecule has 0 radical (unpaired) electrons. The first kappa shape index (κ1) is 13.0. The fourth-order valence-corrected chi connectivity index (χ4v) is 2.68. The van der Waals surface area contributed by atoms with Gasteiger partial charge in [0.15, 0.2) is 5.65 Å². The zero-order chi connectivity index (χ0) is 15.1. The summed E-state index contributed by atoms with van der Waals surface area (Å²) in [4.78, 5) is 13.1. The van der Waals surface area contributed by atoms with Crippen molar-refractivity contribution in [1.29, 1.82) is 0 Å². The van der Waals surface area contributed by atoms with Gasteiger partial charge in [-0.2, -0.15) is 4.98 Å². The number of rotatable bonds is 3. The molecule has 0 aliphatic carbocycles. The molecule has 0 N–H and O–H groups in total. The Kier molecular flexibility index (Phi) is 2.92. The summed E-state index contributed by atoms with van der Waals surface area (Å²) >= 11 is 0. The molecule has 0 bridgehead atoms. The van der Waals surface area contributed by atoms with Crippen molar-refractivity contribution >= 4 is 17.4 Å². The van der Waals surface area contributed by atoms with Crippen LogP contribution in [0.5, 0.6) is 0 Å². The molecule has 1 aliphatic heterocycles. The van der Waals surface area contributed by atoms with Crippen molar-refractivity contribution in [2.45, 2.75) is 5.92 Å². The fourth-order valence-electron chi connectivity index (χ4n) is 2.68. The third kappa shape index (κ3) is 2.05. The van der Waals surface area contributed by atoms with Gasteiger partial charge in [0.2, 0.25) is 5.95 Å². The Morgan fingerprint density at radius 3 is 2.82 bits per heavy atom. The molecule has 0 spiro atoms. The van der Waals surface area contributed by atoms with E-state index in [2.05, 4.69) is 29.5 Å². The maximum Gasteiger partial charge on any atom is 0.227 e. The van der Waals surface area contributed by atoms with Gasteiger partial charge in [-0.1, -0.05) is 6.07 Å². The molecule has 22 heavy (non-hydrogen) atoms. The first-order chi connectivity index (χ1) is 10.7. The lowest BCUT2D eigenvalue weighted by Crippen LogP contribution is -2.46. The summed E-state index contributed by atoms with van der Waals surface area (Å²) < 4.78 is 2.05. The molecule has 3 aromatic heterocycles. The standard InChI is InChI=1S/C15H17N7/c1-20(2)12-6-7-16-15(17-12)21-9-11(10-21)14-19-18-13-5-3-4-8-22(13)14/h3-8,11H,9-10H2,1-2H3. The van der Waals surface area contributed by atoms with Gasteiger partial charge in [-0.25, -0.2) is 4.98 Å². The Labute approximate surface area is 128 Å². The van der Waals surface area contributed by atoms with Gasteiger partial charge in [0.25, 0.3) is 0 Å². The largest absolute Gasteiger partial charge is 0.363 e. The molecular weight excluding hydrogens is 278 g/mol. The summed E-state index contributed by atoms with van der Waals surface area (Å²) in [7, 11) is 3.96. The molecule has 0 amide bonds. The van der Waals surface area contributed by atoms with Crippen molar-refractivity contribution in [2.75, 3.05) is 37.0 Å². The highest BCUT2D eigenvalue weighted by Crippen LogP contribution is 2.29. The summed E-state index contributed by atoms with van der Waals surface area (Å²) in [5.74, 6) is 3.07. The van der Waals surface area contributed by atoms with E-state index in [9.17, 15) is 0 Å². The van der Waals surface area contributed by atoms with E-state index in [1.54, 1.807) is 6.20 Å². The van der Waals surface area contributed by atoms with Gasteiger partial charge >= 0.3 is 0 Å². The lowest BCUT2D eigenvalue weighted by molar-refractivity contribution is 0.487. The Morgan fingerprint density at radius 1 is 1.14 bits per heavy atom. The number of anilines is 2. The molecule has 0 unspecified atom stereocenters. The molecular formula is C15H17N7. The van der Waals surface area contributed by atoms with E-state index in [0.29, 0.717) is 5.92 Å². The molecule has 1 aliphatic rings. The zero-order valence-corrected chi connectivity index (χ0v) is 12.6. The monoisotopic (exact) mass is 295 g/mol. The van der Waals surface area contributed by atoms with Crippen LogP contribution in [0.1, 0.15) is 11.7 Å². The Balaban J connectivity index is 1.53. The Morgan fingerprint density at radius 2 is 2.00 bits per heavy atom. The van der Waals surface area contributed by atoms with E-state index < -0.39 is 0 Å². The number of hydrogen-bond acceptors (Lipinski definition) is 6. The lowest BCUT2D eigenvalue weighted by Gasteiger charge is -2.38. The predicted molar refractivity (Wildman–Crippen MR) is 84.3 cm³/mol. The van der Waals surface area contributed by atoms with Crippen LogP contribution in [-0.2, 0) is 0 Å². The van der Waals surface area contributed by atoms with E-state index in [0.717, 1.165) is 36.3 Å². The van der Waals surface area contributed by atoms with Crippen LogP contribution in [0.15, 0.2) is 36.7 Å². The second-order valence-corrected chi connectivity index (χ2v) is 5.70. The Hall–Kier alpha value is -2.70. The Bertz CT molecular complexity index is 804. The number of pyridine rings is 1. The molecule has 7 nitrogen and oxygen atoms in total. The van der Waals surface area contributed by atoms with Crippen LogP contribution in [0.4, 0.5) is 11.8 Å². The van der Waals surface area contributed by atoms with Crippen molar-refractivity contribution in [2.24, 2.45) is 0 Å². The summed E-state index contributed by atoms with van der Waals surface area (Å²) in [5, 5.41) is 8.54. The second kappa shape index (κ2) is 4.94. The molecule has 0 atom stereocenters. The van der Waals surface area contributed by atoms with Crippen LogP contribution in [0.2, 0.25) is 0 Å². The highest BCUT2D eigenvalue weighted by atomic mass is 15.3. The summed E-state index contributed by atoms with van der Waals surface area (Å²) in [6, 6.07) is 7.85. The predicted octanol–water partition coefficient (Wildman–Crippen LogP) is 1.19. The van der Waals surface area contributed by atoms with Crippen LogP contribution in [0, 0.1) is 0 Å². The summed E-state index contributed by atoms with van der Waals surface area (Å²) in [6.07, 6.45) is 3.81. The molecule has 0 saturated carbocycles.